The molecular formula is C13H23NO2. The normalized spacial score (nSPS) is 32.9. The summed E-state index contributed by atoms with van der Waals surface area (Å²) in [6.45, 7) is 2.61. The van der Waals surface area contributed by atoms with Crippen molar-refractivity contribution in [3.63, 3.8) is 0 Å². The van der Waals surface area contributed by atoms with Crippen LogP contribution in [0.1, 0.15) is 51.9 Å². The monoisotopic (exact) mass is 225 g/mol. The van der Waals surface area contributed by atoms with Crippen LogP contribution in [-0.4, -0.2) is 23.2 Å². The van der Waals surface area contributed by atoms with Crippen LogP contribution in [0.15, 0.2) is 0 Å². The molecule has 2 rings (SSSR count). The van der Waals surface area contributed by atoms with Crippen LogP contribution in [0, 0.1) is 11.8 Å². The molecule has 0 saturated heterocycles. The van der Waals surface area contributed by atoms with Gasteiger partial charge in [0.2, 0.25) is 5.91 Å². The lowest BCUT2D eigenvalue weighted by Crippen LogP contribution is -2.43. The van der Waals surface area contributed by atoms with Gasteiger partial charge in [0.05, 0.1) is 5.60 Å². The van der Waals surface area contributed by atoms with Crippen molar-refractivity contribution < 1.29 is 9.90 Å². The number of amides is 1. The lowest BCUT2D eigenvalue weighted by molar-refractivity contribution is -0.127. The summed E-state index contributed by atoms with van der Waals surface area (Å²) in [5.41, 5.74) is -0.614. The van der Waals surface area contributed by atoms with E-state index in [-0.39, 0.29) is 11.8 Å². The number of nitrogens with one attached hydrogen (secondary N) is 1. The molecule has 2 saturated carbocycles. The SMILES string of the molecule is CC1CCCC1C(=O)NCC1(O)CCCC1. The molecule has 1 amide bonds. The smallest absolute Gasteiger partial charge is 0.223 e. The molecule has 0 aromatic heterocycles. The molecule has 16 heavy (non-hydrogen) atoms. The first-order valence-electron chi connectivity index (χ1n) is 6.61. The number of carbonyl (C=O) groups is 1. The molecule has 3 nitrogen and oxygen atoms in total. The summed E-state index contributed by atoms with van der Waals surface area (Å²) in [7, 11) is 0. The Kier molecular flexibility index (Phi) is 3.53. The predicted octanol–water partition coefficient (Wildman–Crippen LogP) is 1.84. The topological polar surface area (TPSA) is 49.3 Å². The number of hydrogen-bond donors (Lipinski definition) is 2. The van der Waals surface area contributed by atoms with Crippen molar-refractivity contribution in [2.75, 3.05) is 6.54 Å². The summed E-state index contributed by atoms with van der Waals surface area (Å²) in [4.78, 5) is 11.9. The van der Waals surface area contributed by atoms with Gasteiger partial charge in [-0.2, -0.15) is 0 Å². The fourth-order valence-corrected chi connectivity index (χ4v) is 3.13. The van der Waals surface area contributed by atoms with Crippen LogP contribution in [0.2, 0.25) is 0 Å². The third-order valence-electron chi connectivity index (χ3n) is 4.32. The summed E-state index contributed by atoms with van der Waals surface area (Å²) >= 11 is 0. The largest absolute Gasteiger partial charge is 0.388 e. The van der Waals surface area contributed by atoms with Crippen LogP contribution in [-0.2, 0) is 4.79 Å². The van der Waals surface area contributed by atoms with Gasteiger partial charge in [0.25, 0.3) is 0 Å². The molecule has 0 aliphatic heterocycles. The first-order chi connectivity index (χ1) is 7.61. The van der Waals surface area contributed by atoms with Crippen LogP contribution < -0.4 is 5.32 Å². The van der Waals surface area contributed by atoms with Crippen LogP contribution in [0.3, 0.4) is 0 Å². The van der Waals surface area contributed by atoms with E-state index in [0.717, 1.165) is 32.1 Å². The molecule has 0 spiro atoms. The highest BCUT2D eigenvalue weighted by Gasteiger charge is 2.34. The molecular weight excluding hydrogens is 202 g/mol. The van der Waals surface area contributed by atoms with E-state index in [9.17, 15) is 9.90 Å². The average molecular weight is 225 g/mol. The zero-order valence-electron chi connectivity index (χ0n) is 10.2. The lowest BCUT2D eigenvalue weighted by atomic mass is 9.96. The van der Waals surface area contributed by atoms with Crippen LogP contribution >= 0.6 is 0 Å². The fourth-order valence-electron chi connectivity index (χ4n) is 3.13. The highest BCUT2D eigenvalue weighted by Crippen LogP contribution is 2.32. The van der Waals surface area contributed by atoms with Crippen LogP contribution in [0.4, 0.5) is 0 Å². The Balaban J connectivity index is 1.79. The van der Waals surface area contributed by atoms with Gasteiger partial charge < -0.3 is 10.4 Å². The zero-order chi connectivity index (χ0) is 11.6. The molecule has 0 bridgehead atoms. The van der Waals surface area contributed by atoms with Crippen LogP contribution in [0.25, 0.3) is 0 Å². The molecule has 0 aromatic carbocycles. The number of aliphatic hydroxyl groups is 1. The van der Waals surface area contributed by atoms with Crippen molar-refractivity contribution in [3.05, 3.63) is 0 Å². The Morgan fingerprint density at radius 1 is 1.31 bits per heavy atom. The Bertz CT molecular complexity index is 259. The molecule has 0 aromatic rings. The Morgan fingerprint density at radius 3 is 2.56 bits per heavy atom. The second kappa shape index (κ2) is 4.74. The van der Waals surface area contributed by atoms with Gasteiger partial charge in [0, 0.05) is 12.5 Å². The maximum atomic E-state index is 11.9. The molecule has 2 aliphatic carbocycles. The number of hydrogen-bond acceptors (Lipinski definition) is 2. The van der Waals surface area contributed by atoms with Gasteiger partial charge in [-0.05, 0) is 31.6 Å². The summed E-state index contributed by atoms with van der Waals surface area (Å²) in [6.07, 6.45) is 7.22. The van der Waals surface area contributed by atoms with E-state index in [1.54, 1.807) is 0 Å². The quantitative estimate of drug-likeness (QED) is 0.770. The van der Waals surface area contributed by atoms with Gasteiger partial charge in [-0.25, -0.2) is 0 Å². The van der Waals surface area contributed by atoms with Crippen LogP contribution in [0.5, 0.6) is 0 Å². The Morgan fingerprint density at radius 2 is 2.00 bits per heavy atom. The highest BCUT2D eigenvalue weighted by atomic mass is 16.3. The van der Waals surface area contributed by atoms with E-state index in [2.05, 4.69) is 12.2 Å². The van der Waals surface area contributed by atoms with E-state index in [1.165, 1.54) is 12.8 Å². The average Bonchev–Trinajstić information content (AvgIpc) is 2.85. The van der Waals surface area contributed by atoms with Crippen molar-refractivity contribution >= 4 is 5.91 Å². The number of carbonyl (C=O) groups excluding carboxylic acids is 1. The van der Waals surface area contributed by atoms with Gasteiger partial charge in [-0.3, -0.25) is 4.79 Å². The standard InChI is InChI=1S/C13H23NO2/c1-10-5-4-6-11(10)12(15)14-9-13(16)7-2-3-8-13/h10-11,16H,2-9H2,1H3,(H,14,15). The lowest BCUT2D eigenvalue weighted by Gasteiger charge is -2.24. The van der Waals surface area contributed by atoms with Crippen molar-refractivity contribution in [3.8, 4) is 0 Å². The highest BCUT2D eigenvalue weighted by molar-refractivity contribution is 5.79. The Labute approximate surface area is 97.6 Å². The van der Waals surface area contributed by atoms with Crippen molar-refractivity contribution in [1.29, 1.82) is 0 Å². The molecule has 3 heteroatoms. The third kappa shape index (κ3) is 2.57. The van der Waals surface area contributed by atoms with Gasteiger partial charge in [-0.1, -0.05) is 26.2 Å². The first-order valence-corrected chi connectivity index (χ1v) is 6.61. The molecule has 2 N–H and O–H groups in total. The molecule has 0 radical (unpaired) electrons. The van der Waals surface area contributed by atoms with Gasteiger partial charge in [-0.15, -0.1) is 0 Å². The zero-order valence-corrected chi connectivity index (χ0v) is 10.2. The van der Waals surface area contributed by atoms with E-state index in [4.69, 9.17) is 0 Å². The van der Waals surface area contributed by atoms with Gasteiger partial charge in [0.15, 0.2) is 0 Å². The van der Waals surface area contributed by atoms with Crippen molar-refractivity contribution in [2.45, 2.75) is 57.5 Å². The minimum absolute atomic E-state index is 0.158. The fraction of sp³-hybridized carbons (Fsp3) is 0.923. The van der Waals surface area contributed by atoms with E-state index < -0.39 is 5.60 Å². The Hall–Kier alpha value is -0.570. The molecule has 2 unspecified atom stereocenters. The van der Waals surface area contributed by atoms with E-state index >= 15 is 0 Å². The third-order valence-corrected chi connectivity index (χ3v) is 4.32. The summed E-state index contributed by atoms with van der Waals surface area (Å²) < 4.78 is 0. The summed E-state index contributed by atoms with van der Waals surface area (Å²) in [5.74, 6) is 0.855. The summed E-state index contributed by atoms with van der Waals surface area (Å²) in [5, 5.41) is 13.1. The second-order valence-electron chi connectivity index (χ2n) is 5.66. The summed E-state index contributed by atoms with van der Waals surface area (Å²) in [6, 6.07) is 0. The molecule has 2 fully saturated rings. The van der Waals surface area contributed by atoms with Crippen molar-refractivity contribution in [1.82, 2.24) is 5.32 Å². The maximum absolute atomic E-state index is 11.9. The predicted molar refractivity (Wildman–Crippen MR) is 62.9 cm³/mol. The minimum Gasteiger partial charge on any atom is -0.388 e. The number of rotatable bonds is 3. The van der Waals surface area contributed by atoms with Gasteiger partial charge >= 0.3 is 0 Å². The molecule has 2 aliphatic rings. The molecule has 92 valence electrons. The van der Waals surface area contributed by atoms with E-state index in [0.29, 0.717) is 12.5 Å². The first kappa shape index (κ1) is 11.9. The maximum Gasteiger partial charge on any atom is 0.223 e. The minimum atomic E-state index is -0.614. The second-order valence-corrected chi connectivity index (χ2v) is 5.66. The van der Waals surface area contributed by atoms with Gasteiger partial charge in [0.1, 0.15) is 0 Å². The molecule has 2 atom stereocenters. The van der Waals surface area contributed by atoms with E-state index in [1.807, 2.05) is 0 Å². The van der Waals surface area contributed by atoms with Crippen molar-refractivity contribution in [2.24, 2.45) is 11.8 Å². The molecule has 0 heterocycles.